The molecule has 0 spiro atoms. The van der Waals surface area contributed by atoms with E-state index in [4.69, 9.17) is 9.47 Å². The minimum absolute atomic E-state index is 0.0394. The van der Waals surface area contributed by atoms with Gasteiger partial charge in [0.15, 0.2) is 0 Å². The summed E-state index contributed by atoms with van der Waals surface area (Å²) in [5.41, 5.74) is -0.0394. The largest absolute Gasteiger partial charge is 0.466 e. The number of hydrogen-bond donors (Lipinski definition) is 0. The third kappa shape index (κ3) is 13.3. The first-order valence-corrected chi connectivity index (χ1v) is 11.3. The molecule has 4 nitrogen and oxygen atoms in total. The molecule has 0 bridgehead atoms. The van der Waals surface area contributed by atoms with E-state index in [1.54, 1.807) is 0 Å². The number of rotatable bonds is 17. The number of unbranched alkanes of at least 4 members (excludes halogenated alkanes) is 10. The molecule has 6 heteroatoms. The first-order valence-electron chi connectivity index (χ1n) is 11.3. The number of ether oxygens (including phenoxy) is 2. The second-order valence-corrected chi connectivity index (χ2v) is 7.65. The van der Waals surface area contributed by atoms with Gasteiger partial charge in [0.25, 0.3) is 0 Å². The molecule has 0 saturated carbocycles. The van der Waals surface area contributed by atoms with Gasteiger partial charge in [-0.25, -0.2) is 8.78 Å². The Morgan fingerprint density at radius 1 is 0.767 bits per heavy atom. The Bertz CT molecular complexity index is 619. The smallest absolute Gasteiger partial charge is 0.306 e. The number of esters is 2. The Hall–Kier alpha value is -1.98. The van der Waals surface area contributed by atoms with Crippen molar-refractivity contribution in [1.29, 1.82) is 0 Å². The monoisotopic (exact) mass is 426 g/mol. The minimum Gasteiger partial charge on any atom is -0.466 e. The van der Waals surface area contributed by atoms with Gasteiger partial charge in [-0.2, -0.15) is 0 Å². The van der Waals surface area contributed by atoms with E-state index in [0.29, 0.717) is 6.61 Å². The summed E-state index contributed by atoms with van der Waals surface area (Å²) in [6.45, 7) is 2.22. The minimum atomic E-state index is -0.648. The topological polar surface area (TPSA) is 52.6 Å². The Morgan fingerprint density at radius 2 is 1.30 bits per heavy atom. The van der Waals surface area contributed by atoms with Crippen LogP contribution in [-0.2, 0) is 25.7 Å². The van der Waals surface area contributed by atoms with Crippen LogP contribution in [0.5, 0.6) is 0 Å². The molecule has 0 heterocycles. The van der Waals surface area contributed by atoms with Gasteiger partial charge in [-0.1, -0.05) is 71.1 Å². The lowest BCUT2D eigenvalue weighted by Gasteiger charge is -2.07. The molecule has 0 radical (unpaired) electrons. The summed E-state index contributed by atoms with van der Waals surface area (Å²) in [6.07, 6.45) is 13.2. The van der Waals surface area contributed by atoms with Crippen LogP contribution >= 0.6 is 0 Å². The van der Waals surface area contributed by atoms with Crippen LogP contribution in [0.2, 0.25) is 0 Å². The van der Waals surface area contributed by atoms with Crippen LogP contribution in [0.4, 0.5) is 8.78 Å². The zero-order valence-corrected chi connectivity index (χ0v) is 18.2. The summed E-state index contributed by atoms with van der Waals surface area (Å²) in [5.74, 6) is -2.34. The van der Waals surface area contributed by atoms with E-state index in [1.165, 1.54) is 51.4 Å². The van der Waals surface area contributed by atoms with Crippen molar-refractivity contribution in [3.05, 3.63) is 35.4 Å². The van der Waals surface area contributed by atoms with Gasteiger partial charge in [-0.05, 0) is 24.6 Å². The van der Waals surface area contributed by atoms with Crippen molar-refractivity contribution < 1.29 is 27.8 Å². The van der Waals surface area contributed by atoms with Crippen molar-refractivity contribution in [2.45, 2.75) is 97.0 Å². The Labute approximate surface area is 179 Å². The van der Waals surface area contributed by atoms with Crippen molar-refractivity contribution in [2.24, 2.45) is 0 Å². The number of hydrogen-bond acceptors (Lipinski definition) is 4. The Balaban J connectivity index is 1.95. The van der Waals surface area contributed by atoms with Gasteiger partial charge in [0, 0.05) is 5.56 Å². The SMILES string of the molecule is CCCCCCCCCCCCCOC(=O)CCC(=O)OCc1cc(F)ccc1F. The van der Waals surface area contributed by atoms with Gasteiger partial charge in [0.1, 0.15) is 18.2 Å². The maximum absolute atomic E-state index is 13.4. The number of carbonyl (C=O) groups excluding carboxylic acids is 2. The van der Waals surface area contributed by atoms with Crippen molar-refractivity contribution in [3.63, 3.8) is 0 Å². The maximum atomic E-state index is 13.4. The summed E-state index contributed by atoms with van der Waals surface area (Å²) < 4.78 is 36.5. The van der Waals surface area contributed by atoms with Crippen LogP contribution in [0.25, 0.3) is 0 Å². The highest BCUT2D eigenvalue weighted by Crippen LogP contribution is 2.13. The molecule has 0 saturated heterocycles. The molecule has 1 rings (SSSR count). The fourth-order valence-corrected chi connectivity index (χ4v) is 3.11. The zero-order chi connectivity index (χ0) is 22.0. The third-order valence-electron chi connectivity index (χ3n) is 4.94. The molecule has 0 aliphatic carbocycles. The maximum Gasteiger partial charge on any atom is 0.306 e. The van der Waals surface area contributed by atoms with Gasteiger partial charge in [-0.15, -0.1) is 0 Å². The van der Waals surface area contributed by atoms with Crippen molar-refractivity contribution in [3.8, 4) is 0 Å². The van der Waals surface area contributed by atoms with Gasteiger partial charge in [-0.3, -0.25) is 9.59 Å². The molecule has 0 fully saturated rings. The van der Waals surface area contributed by atoms with Crippen molar-refractivity contribution >= 4 is 11.9 Å². The summed E-state index contributed by atoms with van der Waals surface area (Å²) in [4.78, 5) is 23.3. The molecule has 170 valence electrons. The normalized spacial score (nSPS) is 10.8. The zero-order valence-electron chi connectivity index (χ0n) is 18.2. The molecule has 0 aliphatic heterocycles. The molecular weight excluding hydrogens is 390 g/mol. The van der Waals surface area contributed by atoms with Gasteiger partial charge >= 0.3 is 11.9 Å². The second-order valence-electron chi connectivity index (χ2n) is 7.65. The first-order chi connectivity index (χ1) is 14.5. The highest BCUT2D eigenvalue weighted by atomic mass is 19.1. The Kier molecular flexibility index (Phi) is 14.6. The van der Waals surface area contributed by atoms with E-state index >= 15 is 0 Å². The molecule has 30 heavy (non-hydrogen) atoms. The number of carbonyl (C=O) groups is 2. The second kappa shape index (κ2) is 16.8. The molecule has 0 aliphatic rings. The molecule has 1 aromatic carbocycles. The number of halogens is 2. The standard InChI is InChI=1S/C24H36F2O4/c1-2-3-4-5-6-7-8-9-10-11-12-17-29-23(27)15-16-24(28)30-19-20-18-21(25)13-14-22(20)26/h13-14,18H,2-12,15-17,19H2,1H3. The van der Waals surface area contributed by atoms with Gasteiger partial charge in [0.05, 0.1) is 19.4 Å². The molecule has 1 aromatic rings. The van der Waals surface area contributed by atoms with E-state index in [2.05, 4.69) is 6.92 Å². The first kappa shape index (κ1) is 26.1. The van der Waals surface area contributed by atoms with E-state index in [0.717, 1.165) is 37.5 Å². The lowest BCUT2D eigenvalue weighted by Crippen LogP contribution is -2.11. The lowest BCUT2D eigenvalue weighted by atomic mass is 10.1. The fourth-order valence-electron chi connectivity index (χ4n) is 3.11. The molecule has 0 atom stereocenters. The summed E-state index contributed by atoms with van der Waals surface area (Å²) in [6, 6.07) is 2.95. The molecule has 0 aromatic heterocycles. The lowest BCUT2D eigenvalue weighted by molar-refractivity contribution is -0.151. The molecule has 0 unspecified atom stereocenters. The van der Waals surface area contributed by atoms with Crippen LogP contribution in [0.3, 0.4) is 0 Å². The van der Waals surface area contributed by atoms with Gasteiger partial charge in [0.2, 0.25) is 0 Å². The number of benzene rings is 1. The quantitative estimate of drug-likeness (QED) is 0.207. The highest BCUT2D eigenvalue weighted by Gasteiger charge is 2.11. The van der Waals surface area contributed by atoms with Crippen LogP contribution in [-0.4, -0.2) is 18.5 Å². The van der Waals surface area contributed by atoms with Crippen molar-refractivity contribution in [2.75, 3.05) is 6.61 Å². The van der Waals surface area contributed by atoms with Crippen LogP contribution in [0.15, 0.2) is 18.2 Å². The van der Waals surface area contributed by atoms with E-state index < -0.39 is 23.6 Å². The van der Waals surface area contributed by atoms with Gasteiger partial charge < -0.3 is 9.47 Å². The predicted octanol–water partition coefficient (Wildman–Crippen LogP) is 6.64. The predicted molar refractivity (Wildman–Crippen MR) is 113 cm³/mol. The van der Waals surface area contributed by atoms with E-state index in [9.17, 15) is 18.4 Å². The van der Waals surface area contributed by atoms with Crippen LogP contribution < -0.4 is 0 Å². The van der Waals surface area contributed by atoms with Crippen molar-refractivity contribution in [1.82, 2.24) is 0 Å². The summed E-state index contributed by atoms with van der Waals surface area (Å²) in [7, 11) is 0. The molecule has 0 amide bonds. The van der Waals surface area contributed by atoms with E-state index in [-0.39, 0.29) is 25.0 Å². The van der Waals surface area contributed by atoms with E-state index in [1.807, 2.05) is 0 Å². The average Bonchev–Trinajstić information content (AvgIpc) is 2.73. The average molecular weight is 427 g/mol. The third-order valence-corrected chi connectivity index (χ3v) is 4.94. The summed E-state index contributed by atoms with van der Waals surface area (Å²) >= 11 is 0. The summed E-state index contributed by atoms with van der Waals surface area (Å²) in [5, 5.41) is 0. The highest BCUT2D eigenvalue weighted by molar-refractivity contribution is 5.77. The Morgan fingerprint density at radius 3 is 1.90 bits per heavy atom. The molecule has 0 N–H and O–H groups in total. The van der Waals surface area contributed by atoms with Crippen LogP contribution in [0.1, 0.15) is 96.0 Å². The fraction of sp³-hybridized carbons (Fsp3) is 0.667. The molecular formula is C24H36F2O4. The van der Waals surface area contributed by atoms with Crippen LogP contribution in [0, 0.1) is 11.6 Å².